The molecular formula is C19H28N4O2. The fourth-order valence-corrected chi connectivity index (χ4v) is 3.59. The lowest BCUT2D eigenvalue weighted by atomic mass is 10.2. The van der Waals surface area contributed by atoms with Gasteiger partial charge in [0.1, 0.15) is 0 Å². The van der Waals surface area contributed by atoms with E-state index in [2.05, 4.69) is 52.9 Å². The standard InChI is InChI=1S/C19H28N4O2/c1-14-15(2)23(18-6-4-3-5-17(14)18)13-16(21-19(24)11-20)12-22-7-9-25-10-8-22/h3-6,16H,7-13,20H2,1-2H3,(H,21,24). The fraction of sp³-hybridized carbons (Fsp3) is 0.526. The van der Waals surface area contributed by atoms with Gasteiger partial charge in [0.05, 0.1) is 25.8 Å². The number of aryl methyl sites for hydroxylation is 1. The average molecular weight is 344 g/mol. The van der Waals surface area contributed by atoms with Crippen LogP contribution in [0.2, 0.25) is 0 Å². The Morgan fingerprint density at radius 1 is 1.24 bits per heavy atom. The van der Waals surface area contributed by atoms with Gasteiger partial charge in [-0.25, -0.2) is 0 Å². The monoisotopic (exact) mass is 344 g/mol. The van der Waals surface area contributed by atoms with Crippen LogP contribution in [0.1, 0.15) is 11.3 Å². The first-order valence-electron chi connectivity index (χ1n) is 8.94. The van der Waals surface area contributed by atoms with E-state index in [1.165, 1.54) is 22.2 Å². The van der Waals surface area contributed by atoms with E-state index < -0.39 is 0 Å². The number of nitrogens with zero attached hydrogens (tertiary/aromatic N) is 2. The summed E-state index contributed by atoms with van der Waals surface area (Å²) in [4.78, 5) is 14.3. The van der Waals surface area contributed by atoms with E-state index in [0.717, 1.165) is 39.4 Å². The highest BCUT2D eigenvalue weighted by atomic mass is 16.5. The molecule has 1 fully saturated rings. The number of para-hydroxylation sites is 1. The van der Waals surface area contributed by atoms with Crippen LogP contribution >= 0.6 is 0 Å². The second-order valence-electron chi connectivity index (χ2n) is 6.72. The third-order valence-electron chi connectivity index (χ3n) is 5.08. The highest BCUT2D eigenvalue weighted by Crippen LogP contribution is 2.25. The predicted molar refractivity (Wildman–Crippen MR) is 99.7 cm³/mol. The van der Waals surface area contributed by atoms with Gasteiger partial charge in [0.2, 0.25) is 5.91 Å². The van der Waals surface area contributed by atoms with E-state index in [-0.39, 0.29) is 18.5 Å². The summed E-state index contributed by atoms with van der Waals surface area (Å²) in [5, 5.41) is 4.37. The number of nitrogens with one attached hydrogen (secondary N) is 1. The van der Waals surface area contributed by atoms with Gasteiger partial charge in [-0.3, -0.25) is 9.69 Å². The Bertz CT molecular complexity index is 734. The van der Waals surface area contributed by atoms with Crippen molar-refractivity contribution in [3.05, 3.63) is 35.5 Å². The minimum Gasteiger partial charge on any atom is -0.379 e. The zero-order valence-corrected chi connectivity index (χ0v) is 15.1. The zero-order chi connectivity index (χ0) is 17.8. The maximum Gasteiger partial charge on any atom is 0.234 e. The molecule has 6 heteroatoms. The molecule has 1 atom stereocenters. The molecule has 2 heterocycles. The van der Waals surface area contributed by atoms with Gasteiger partial charge in [0, 0.05) is 42.8 Å². The maximum absolute atomic E-state index is 11.9. The summed E-state index contributed by atoms with van der Waals surface area (Å²) >= 11 is 0. The molecule has 0 spiro atoms. The summed E-state index contributed by atoms with van der Waals surface area (Å²) in [6.45, 7) is 9.17. The first-order chi connectivity index (χ1) is 12.1. The lowest BCUT2D eigenvalue weighted by Gasteiger charge is -2.31. The van der Waals surface area contributed by atoms with Crippen LogP contribution in [-0.2, 0) is 16.1 Å². The maximum atomic E-state index is 11.9. The second kappa shape index (κ2) is 7.99. The van der Waals surface area contributed by atoms with Gasteiger partial charge in [-0.2, -0.15) is 0 Å². The van der Waals surface area contributed by atoms with Crippen LogP contribution in [-0.4, -0.2) is 60.8 Å². The van der Waals surface area contributed by atoms with Crippen LogP contribution in [0.15, 0.2) is 24.3 Å². The number of amides is 1. The van der Waals surface area contributed by atoms with Gasteiger partial charge in [0.25, 0.3) is 0 Å². The lowest BCUT2D eigenvalue weighted by Crippen LogP contribution is -2.50. The van der Waals surface area contributed by atoms with E-state index in [1.807, 2.05) is 0 Å². The van der Waals surface area contributed by atoms with E-state index in [1.54, 1.807) is 0 Å². The number of morpholine rings is 1. The minimum atomic E-state index is -0.107. The molecule has 6 nitrogen and oxygen atoms in total. The molecule has 1 amide bonds. The van der Waals surface area contributed by atoms with Crippen molar-refractivity contribution in [1.29, 1.82) is 0 Å². The fourth-order valence-electron chi connectivity index (χ4n) is 3.59. The molecule has 3 N–H and O–H groups in total. The summed E-state index contributed by atoms with van der Waals surface area (Å²) in [6.07, 6.45) is 0. The number of rotatable bonds is 6. The number of hydrogen-bond donors (Lipinski definition) is 2. The lowest BCUT2D eigenvalue weighted by molar-refractivity contribution is -0.120. The van der Waals surface area contributed by atoms with Crippen LogP contribution in [0.4, 0.5) is 0 Å². The Balaban J connectivity index is 1.84. The van der Waals surface area contributed by atoms with Crippen LogP contribution in [0.3, 0.4) is 0 Å². The molecule has 3 rings (SSSR count). The topological polar surface area (TPSA) is 72.5 Å². The first-order valence-corrected chi connectivity index (χ1v) is 8.94. The SMILES string of the molecule is Cc1c(C)n(CC(CN2CCOCC2)NC(=O)CN)c2ccccc12. The third kappa shape index (κ3) is 4.03. The Labute approximate surface area is 148 Å². The van der Waals surface area contributed by atoms with Crippen LogP contribution in [0, 0.1) is 13.8 Å². The largest absolute Gasteiger partial charge is 0.379 e. The van der Waals surface area contributed by atoms with Crippen molar-refractivity contribution in [2.45, 2.75) is 26.4 Å². The molecule has 0 bridgehead atoms. The molecule has 1 aliphatic rings. The number of carbonyl (C=O) groups excluding carboxylic acids is 1. The Kier molecular flexibility index (Phi) is 5.73. The van der Waals surface area contributed by atoms with Crippen LogP contribution < -0.4 is 11.1 Å². The third-order valence-corrected chi connectivity index (χ3v) is 5.08. The Morgan fingerprint density at radius 3 is 2.68 bits per heavy atom. The molecule has 2 aromatic rings. The molecule has 0 aliphatic carbocycles. The van der Waals surface area contributed by atoms with Crippen molar-refractivity contribution in [3.63, 3.8) is 0 Å². The number of carbonyl (C=O) groups is 1. The van der Waals surface area contributed by atoms with Crippen molar-refractivity contribution >= 4 is 16.8 Å². The zero-order valence-electron chi connectivity index (χ0n) is 15.1. The molecule has 0 radical (unpaired) electrons. The summed E-state index contributed by atoms with van der Waals surface area (Å²) in [6, 6.07) is 8.45. The molecule has 1 aromatic heterocycles. The van der Waals surface area contributed by atoms with Crippen molar-refractivity contribution < 1.29 is 9.53 Å². The van der Waals surface area contributed by atoms with E-state index in [9.17, 15) is 4.79 Å². The molecule has 25 heavy (non-hydrogen) atoms. The van der Waals surface area contributed by atoms with Crippen LogP contribution in [0.25, 0.3) is 10.9 Å². The number of aromatic nitrogens is 1. The van der Waals surface area contributed by atoms with E-state index >= 15 is 0 Å². The van der Waals surface area contributed by atoms with Gasteiger partial charge >= 0.3 is 0 Å². The van der Waals surface area contributed by atoms with Crippen molar-refractivity contribution in [3.8, 4) is 0 Å². The van der Waals surface area contributed by atoms with E-state index in [4.69, 9.17) is 10.5 Å². The van der Waals surface area contributed by atoms with Crippen molar-refractivity contribution in [2.24, 2.45) is 5.73 Å². The van der Waals surface area contributed by atoms with E-state index in [0.29, 0.717) is 0 Å². The summed E-state index contributed by atoms with van der Waals surface area (Å²) < 4.78 is 7.74. The molecule has 1 unspecified atom stereocenters. The average Bonchev–Trinajstić information content (AvgIpc) is 2.87. The molecule has 0 saturated carbocycles. The van der Waals surface area contributed by atoms with Crippen molar-refractivity contribution in [2.75, 3.05) is 39.4 Å². The Morgan fingerprint density at radius 2 is 1.96 bits per heavy atom. The Hall–Kier alpha value is -1.89. The minimum absolute atomic E-state index is 0.0167. The van der Waals surface area contributed by atoms with Crippen molar-refractivity contribution in [1.82, 2.24) is 14.8 Å². The number of hydrogen-bond acceptors (Lipinski definition) is 4. The second-order valence-corrected chi connectivity index (χ2v) is 6.72. The molecular weight excluding hydrogens is 316 g/mol. The normalized spacial score (nSPS) is 16.9. The van der Waals surface area contributed by atoms with Crippen LogP contribution in [0.5, 0.6) is 0 Å². The van der Waals surface area contributed by atoms with Gasteiger partial charge in [-0.15, -0.1) is 0 Å². The first kappa shape index (κ1) is 17.9. The van der Waals surface area contributed by atoms with Gasteiger partial charge in [0.15, 0.2) is 0 Å². The van der Waals surface area contributed by atoms with Gasteiger partial charge in [-0.05, 0) is 25.5 Å². The molecule has 1 aliphatic heterocycles. The molecule has 136 valence electrons. The number of benzene rings is 1. The highest BCUT2D eigenvalue weighted by Gasteiger charge is 2.21. The number of nitrogens with two attached hydrogens (primary N) is 1. The summed E-state index contributed by atoms with van der Waals surface area (Å²) in [5.41, 5.74) is 9.28. The number of ether oxygens (including phenoxy) is 1. The highest BCUT2D eigenvalue weighted by molar-refractivity contribution is 5.85. The quantitative estimate of drug-likeness (QED) is 0.821. The predicted octanol–water partition coefficient (Wildman–Crippen LogP) is 1.03. The van der Waals surface area contributed by atoms with Gasteiger partial charge in [-0.1, -0.05) is 18.2 Å². The number of fused-ring (bicyclic) bond motifs is 1. The summed E-state index contributed by atoms with van der Waals surface area (Å²) in [7, 11) is 0. The molecule has 1 saturated heterocycles. The molecule has 1 aromatic carbocycles. The summed E-state index contributed by atoms with van der Waals surface area (Å²) in [5.74, 6) is -0.107. The smallest absolute Gasteiger partial charge is 0.234 e. The van der Waals surface area contributed by atoms with Gasteiger partial charge < -0.3 is 20.4 Å².